The first-order valence-corrected chi connectivity index (χ1v) is 6.65. The topological polar surface area (TPSA) is 69.4 Å². The van der Waals surface area contributed by atoms with E-state index in [-0.39, 0.29) is 10.6 Å². The van der Waals surface area contributed by atoms with E-state index in [1.54, 1.807) is 12.1 Å². The van der Waals surface area contributed by atoms with E-state index in [2.05, 4.69) is 0 Å². The number of benzene rings is 1. The Morgan fingerprint density at radius 3 is 2.50 bits per heavy atom. The molecule has 0 radical (unpaired) electrons. The van der Waals surface area contributed by atoms with Gasteiger partial charge in [0.1, 0.15) is 10.6 Å². The number of methoxy groups -OCH3 is 1. The van der Waals surface area contributed by atoms with Crippen molar-refractivity contribution in [3.63, 3.8) is 0 Å². The van der Waals surface area contributed by atoms with Gasteiger partial charge in [0.05, 0.1) is 7.11 Å². The molecular formula is C11H17NO3S. The number of rotatable bonds is 4. The van der Waals surface area contributed by atoms with Crippen LogP contribution >= 0.6 is 0 Å². The van der Waals surface area contributed by atoms with Gasteiger partial charge in [-0.25, -0.2) is 13.6 Å². The first-order chi connectivity index (χ1) is 7.40. The van der Waals surface area contributed by atoms with Crippen LogP contribution < -0.4 is 9.88 Å². The molecule has 90 valence electrons. The number of hydrogen-bond acceptors (Lipinski definition) is 3. The van der Waals surface area contributed by atoms with Gasteiger partial charge in [0.25, 0.3) is 0 Å². The zero-order valence-corrected chi connectivity index (χ0v) is 10.5. The molecule has 0 aliphatic carbocycles. The van der Waals surface area contributed by atoms with E-state index in [0.717, 1.165) is 12.0 Å². The van der Waals surface area contributed by atoms with Gasteiger partial charge in [0, 0.05) is 0 Å². The molecule has 1 aromatic rings. The number of ether oxygens (including phenoxy) is 1. The molecule has 0 aliphatic rings. The summed E-state index contributed by atoms with van der Waals surface area (Å²) in [6.07, 6.45) is 0.941. The van der Waals surface area contributed by atoms with Crippen LogP contribution in [0.3, 0.4) is 0 Å². The molecule has 1 rings (SSSR count). The SMILES string of the molecule is CCC(C)c1ccc(OC)c(S(N)(=O)=O)c1. The normalized spacial score (nSPS) is 13.5. The van der Waals surface area contributed by atoms with Crippen molar-refractivity contribution in [2.75, 3.05) is 7.11 Å². The van der Waals surface area contributed by atoms with Gasteiger partial charge in [-0.2, -0.15) is 0 Å². The Labute approximate surface area is 96.5 Å². The van der Waals surface area contributed by atoms with Crippen LogP contribution in [0.2, 0.25) is 0 Å². The summed E-state index contributed by atoms with van der Waals surface area (Å²) in [5, 5.41) is 5.14. The van der Waals surface area contributed by atoms with E-state index in [1.165, 1.54) is 7.11 Å². The van der Waals surface area contributed by atoms with E-state index in [9.17, 15) is 8.42 Å². The zero-order chi connectivity index (χ0) is 12.3. The summed E-state index contributed by atoms with van der Waals surface area (Å²) in [6, 6.07) is 5.09. The van der Waals surface area contributed by atoms with Gasteiger partial charge < -0.3 is 4.74 Å². The molecule has 4 nitrogen and oxygen atoms in total. The lowest BCUT2D eigenvalue weighted by Gasteiger charge is -2.12. The summed E-state index contributed by atoms with van der Waals surface area (Å²) in [6.45, 7) is 4.08. The van der Waals surface area contributed by atoms with E-state index in [1.807, 2.05) is 19.9 Å². The molecule has 0 bridgehead atoms. The maximum Gasteiger partial charge on any atom is 0.241 e. The van der Waals surface area contributed by atoms with E-state index in [4.69, 9.17) is 9.88 Å². The summed E-state index contributed by atoms with van der Waals surface area (Å²) in [7, 11) is -2.31. The van der Waals surface area contributed by atoms with Crippen molar-refractivity contribution in [1.29, 1.82) is 0 Å². The monoisotopic (exact) mass is 243 g/mol. The zero-order valence-electron chi connectivity index (χ0n) is 9.73. The molecule has 0 heterocycles. The Morgan fingerprint density at radius 2 is 2.06 bits per heavy atom. The Morgan fingerprint density at radius 1 is 1.44 bits per heavy atom. The Balaban J connectivity index is 3.33. The average molecular weight is 243 g/mol. The Kier molecular flexibility index (Phi) is 3.93. The minimum atomic E-state index is -3.73. The summed E-state index contributed by atoms with van der Waals surface area (Å²) < 4.78 is 27.7. The third kappa shape index (κ3) is 2.74. The fourth-order valence-corrected chi connectivity index (χ4v) is 2.19. The number of hydrogen-bond donors (Lipinski definition) is 1. The molecule has 0 saturated heterocycles. The Hall–Kier alpha value is -1.07. The molecule has 0 fully saturated rings. The van der Waals surface area contributed by atoms with Crippen LogP contribution in [0.15, 0.2) is 23.1 Å². The number of sulfonamides is 1. The minimum absolute atomic E-state index is 0.0489. The van der Waals surface area contributed by atoms with E-state index in [0.29, 0.717) is 5.92 Å². The molecule has 0 saturated carbocycles. The fraction of sp³-hybridized carbons (Fsp3) is 0.455. The standard InChI is InChI=1S/C11H17NO3S/c1-4-8(2)9-5-6-10(15-3)11(7-9)16(12,13)14/h5-8H,4H2,1-3H3,(H2,12,13,14). The summed E-state index contributed by atoms with van der Waals surface area (Å²) >= 11 is 0. The van der Waals surface area contributed by atoms with Crippen LogP contribution in [0.1, 0.15) is 31.7 Å². The van der Waals surface area contributed by atoms with Crippen LogP contribution in [0, 0.1) is 0 Å². The van der Waals surface area contributed by atoms with Gasteiger partial charge in [-0.3, -0.25) is 0 Å². The van der Waals surface area contributed by atoms with Crippen LogP contribution in [0.25, 0.3) is 0 Å². The largest absolute Gasteiger partial charge is 0.495 e. The van der Waals surface area contributed by atoms with Crippen molar-refractivity contribution >= 4 is 10.0 Å². The number of nitrogens with two attached hydrogens (primary N) is 1. The van der Waals surface area contributed by atoms with Crippen LogP contribution in [0.4, 0.5) is 0 Å². The molecule has 1 atom stereocenters. The van der Waals surface area contributed by atoms with Gasteiger partial charge in [0.2, 0.25) is 10.0 Å². The highest BCUT2D eigenvalue weighted by Gasteiger charge is 2.16. The van der Waals surface area contributed by atoms with Crippen molar-refractivity contribution in [2.24, 2.45) is 5.14 Å². The molecule has 16 heavy (non-hydrogen) atoms. The summed E-state index contributed by atoms with van der Waals surface area (Å²) in [5.41, 5.74) is 0.951. The predicted molar refractivity (Wildman–Crippen MR) is 63.1 cm³/mol. The van der Waals surface area contributed by atoms with Gasteiger partial charge in [-0.15, -0.1) is 0 Å². The van der Waals surface area contributed by atoms with Crippen molar-refractivity contribution in [2.45, 2.75) is 31.1 Å². The van der Waals surface area contributed by atoms with Gasteiger partial charge in [0.15, 0.2) is 0 Å². The van der Waals surface area contributed by atoms with Gasteiger partial charge in [-0.05, 0) is 30.0 Å². The number of primary sulfonamides is 1. The maximum atomic E-state index is 11.4. The predicted octanol–water partition coefficient (Wildman–Crippen LogP) is 1.86. The third-order valence-electron chi connectivity index (χ3n) is 2.68. The van der Waals surface area contributed by atoms with E-state index >= 15 is 0 Å². The van der Waals surface area contributed by atoms with Crippen LogP contribution in [-0.4, -0.2) is 15.5 Å². The van der Waals surface area contributed by atoms with Crippen LogP contribution in [0.5, 0.6) is 5.75 Å². The highest BCUT2D eigenvalue weighted by Crippen LogP contribution is 2.28. The van der Waals surface area contributed by atoms with Crippen LogP contribution in [-0.2, 0) is 10.0 Å². The summed E-state index contributed by atoms with van der Waals surface area (Å²) in [4.78, 5) is 0.0489. The lowest BCUT2D eigenvalue weighted by molar-refractivity contribution is 0.402. The Bertz CT molecular complexity index is 468. The second-order valence-electron chi connectivity index (χ2n) is 3.76. The molecule has 0 aliphatic heterocycles. The van der Waals surface area contributed by atoms with Crippen molar-refractivity contribution in [3.05, 3.63) is 23.8 Å². The highest BCUT2D eigenvalue weighted by atomic mass is 32.2. The molecular weight excluding hydrogens is 226 g/mol. The van der Waals surface area contributed by atoms with Gasteiger partial charge >= 0.3 is 0 Å². The van der Waals surface area contributed by atoms with Crippen molar-refractivity contribution in [3.8, 4) is 5.75 Å². The van der Waals surface area contributed by atoms with Crippen molar-refractivity contribution in [1.82, 2.24) is 0 Å². The van der Waals surface area contributed by atoms with Gasteiger partial charge in [-0.1, -0.05) is 19.9 Å². The second-order valence-corrected chi connectivity index (χ2v) is 5.29. The average Bonchev–Trinajstić information content (AvgIpc) is 2.26. The highest BCUT2D eigenvalue weighted by molar-refractivity contribution is 7.89. The molecule has 0 amide bonds. The molecule has 5 heteroatoms. The molecule has 1 aromatic carbocycles. The summed E-state index contributed by atoms with van der Waals surface area (Å²) in [5.74, 6) is 0.584. The molecule has 2 N–H and O–H groups in total. The van der Waals surface area contributed by atoms with Crippen molar-refractivity contribution < 1.29 is 13.2 Å². The first-order valence-electron chi connectivity index (χ1n) is 5.10. The third-order valence-corrected chi connectivity index (χ3v) is 3.61. The molecule has 0 aromatic heterocycles. The fourth-order valence-electron chi connectivity index (χ4n) is 1.46. The quantitative estimate of drug-likeness (QED) is 0.877. The molecule has 1 unspecified atom stereocenters. The lowest BCUT2D eigenvalue weighted by atomic mass is 9.99. The molecule has 0 spiro atoms. The first kappa shape index (κ1) is 13.0. The minimum Gasteiger partial charge on any atom is -0.495 e. The second kappa shape index (κ2) is 4.84. The smallest absolute Gasteiger partial charge is 0.241 e. The van der Waals surface area contributed by atoms with E-state index < -0.39 is 10.0 Å². The maximum absolute atomic E-state index is 11.4. The lowest BCUT2D eigenvalue weighted by Crippen LogP contribution is -2.14.